The first-order valence-electron chi connectivity index (χ1n) is 20.4. The fraction of sp³-hybridized carbons (Fsp3) is 0.458. The number of ether oxygens (including phenoxy) is 2. The molecule has 4 atom stereocenters. The Morgan fingerprint density at radius 1 is 0.621 bits per heavy atom. The molecule has 2 aliphatic heterocycles. The molecule has 2 amide bonds. The van der Waals surface area contributed by atoms with Crippen LogP contribution in [0.4, 0.5) is 18.4 Å². The fourth-order valence-electron chi connectivity index (χ4n) is 10.1. The van der Waals surface area contributed by atoms with Crippen molar-refractivity contribution in [2.75, 3.05) is 13.1 Å². The van der Waals surface area contributed by atoms with Crippen molar-refractivity contribution < 1.29 is 27.8 Å². The third kappa shape index (κ3) is 8.89. The Kier molecular flexibility index (Phi) is 12.0. The van der Waals surface area contributed by atoms with Crippen LogP contribution in [0, 0.1) is 11.6 Å². The summed E-state index contributed by atoms with van der Waals surface area (Å²) in [4.78, 5) is 29.8. The number of rotatable bonds is 4. The van der Waals surface area contributed by atoms with Crippen molar-refractivity contribution in [3.8, 4) is 0 Å². The highest BCUT2D eigenvalue weighted by Gasteiger charge is 2.54. The van der Waals surface area contributed by atoms with E-state index in [1.807, 2.05) is 75.6 Å². The first-order valence-corrected chi connectivity index (χ1v) is 22.0. The lowest BCUT2D eigenvalue weighted by molar-refractivity contribution is 0.0170. The topological polar surface area (TPSA) is 59.1 Å². The van der Waals surface area contributed by atoms with Crippen LogP contribution in [0.5, 0.6) is 0 Å². The maximum atomic E-state index is 13.5. The second-order valence-electron chi connectivity index (χ2n) is 18.5. The van der Waals surface area contributed by atoms with E-state index in [0.717, 1.165) is 71.4 Å². The smallest absolute Gasteiger partial charge is 0.410 e. The molecule has 6 nitrogen and oxygen atoms in total. The van der Waals surface area contributed by atoms with Crippen LogP contribution in [0.2, 0.25) is 0 Å². The summed E-state index contributed by atoms with van der Waals surface area (Å²) in [5, 5.41) is 0. The van der Waals surface area contributed by atoms with Crippen LogP contribution < -0.4 is 0 Å². The summed E-state index contributed by atoms with van der Waals surface area (Å²) in [6.07, 6.45) is 6.54. The first-order chi connectivity index (χ1) is 27.4. The second kappa shape index (κ2) is 16.4. The van der Waals surface area contributed by atoms with Crippen LogP contribution in [-0.4, -0.2) is 58.4 Å². The van der Waals surface area contributed by atoms with Crippen molar-refractivity contribution >= 4 is 44.0 Å². The lowest BCUT2D eigenvalue weighted by Gasteiger charge is -2.43. The van der Waals surface area contributed by atoms with Gasteiger partial charge in [-0.05, 0) is 175 Å². The second-order valence-corrected chi connectivity index (χ2v) is 20.3. The number of likely N-dealkylation sites (tertiary alicyclic amines) is 2. The van der Waals surface area contributed by atoms with Crippen molar-refractivity contribution in [1.82, 2.24) is 9.80 Å². The van der Waals surface area contributed by atoms with Gasteiger partial charge in [0.05, 0.1) is 0 Å². The molecule has 4 aromatic carbocycles. The van der Waals surface area contributed by atoms with Gasteiger partial charge in [-0.3, -0.25) is 0 Å². The monoisotopic (exact) mass is 918 g/mol. The van der Waals surface area contributed by atoms with Gasteiger partial charge in [0.25, 0.3) is 0 Å². The summed E-state index contributed by atoms with van der Waals surface area (Å²) < 4.78 is 40.5. The standard InChI is InChI=1S/2C24H27BrFNO2/c2*1-23(2,3)29-22(28)27-13-12-24(15-16-4-8-19(26)9-5-16)20-10-7-18(25)14-17(20)6-11-21(24)27/h2*4-5,7-10,14,21H,6,11-13,15H2,1-3H3/t2*21-,24-/m10/s1. The van der Waals surface area contributed by atoms with Gasteiger partial charge in [0.1, 0.15) is 22.8 Å². The molecule has 0 saturated carbocycles. The van der Waals surface area contributed by atoms with Crippen molar-refractivity contribution in [3.63, 3.8) is 0 Å². The molecule has 0 radical (unpaired) electrons. The van der Waals surface area contributed by atoms with Gasteiger partial charge in [0.15, 0.2) is 0 Å². The van der Waals surface area contributed by atoms with Gasteiger partial charge in [0.2, 0.25) is 0 Å². The third-order valence-electron chi connectivity index (χ3n) is 12.3. The van der Waals surface area contributed by atoms with Crippen LogP contribution in [0.15, 0.2) is 93.9 Å². The molecule has 2 saturated heterocycles. The van der Waals surface area contributed by atoms with E-state index in [1.165, 1.54) is 46.5 Å². The number of amides is 2. The van der Waals surface area contributed by atoms with Crippen LogP contribution in [-0.2, 0) is 46.0 Å². The summed E-state index contributed by atoms with van der Waals surface area (Å²) in [5.41, 5.74) is 6.10. The zero-order valence-electron chi connectivity index (χ0n) is 34.3. The Morgan fingerprint density at radius 2 is 0.983 bits per heavy atom. The number of hydrogen-bond donors (Lipinski definition) is 0. The summed E-state index contributed by atoms with van der Waals surface area (Å²) in [6, 6.07) is 26.7. The quantitative estimate of drug-likeness (QED) is 0.205. The van der Waals surface area contributed by atoms with E-state index >= 15 is 0 Å². The van der Waals surface area contributed by atoms with Crippen LogP contribution in [0.3, 0.4) is 0 Å². The zero-order valence-corrected chi connectivity index (χ0v) is 37.5. The Labute approximate surface area is 358 Å². The molecule has 0 aromatic heterocycles. The van der Waals surface area contributed by atoms with E-state index in [9.17, 15) is 18.4 Å². The Balaban J connectivity index is 0.000000177. The van der Waals surface area contributed by atoms with Gasteiger partial charge >= 0.3 is 12.2 Å². The molecule has 10 heteroatoms. The van der Waals surface area contributed by atoms with Crippen molar-refractivity contribution in [1.29, 1.82) is 0 Å². The largest absolute Gasteiger partial charge is 0.444 e. The Hall–Kier alpha value is -3.76. The van der Waals surface area contributed by atoms with Crippen molar-refractivity contribution in [3.05, 3.63) is 139 Å². The molecule has 308 valence electrons. The molecule has 58 heavy (non-hydrogen) atoms. The normalized spacial score (nSPS) is 23.5. The molecule has 0 unspecified atom stereocenters. The molecule has 2 fully saturated rings. The Bertz CT molecular complexity index is 2000. The number of hydrogen-bond acceptors (Lipinski definition) is 4. The van der Waals surface area contributed by atoms with Crippen LogP contribution in [0.25, 0.3) is 0 Å². The molecule has 0 spiro atoms. The highest BCUT2D eigenvalue weighted by molar-refractivity contribution is 9.10. The maximum absolute atomic E-state index is 13.5. The van der Waals surface area contributed by atoms with E-state index in [2.05, 4.69) is 68.3 Å². The Morgan fingerprint density at radius 3 is 1.33 bits per heavy atom. The van der Waals surface area contributed by atoms with E-state index in [-0.39, 0.29) is 46.7 Å². The summed E-state index contributed by atoms with van der Waals surface area (Å²) >= 11 is 7.19. The van der Waals surface area contributed by atoms with E-state index in [4.69, 9.17) is 9.47 Å². The van der Waals surface area contributed by atoms with Gasteiger partial charge in [-0.2, -0.15) is 0 Å². The minimum absolute atomic E-state index is 0.0797. The predicted molar refractivity (Wildman–Crippen MR) is 231 cm³/mol. The third-order valence-corrected chi connectivity index (χ3v) is 13.3. The van der Waals surface area contributed by atoms with E-state index in [1.54, 1.807) is 0 Å². The van der Waals surface area contributed by atoms with Crippen LogP contribution >= 0.6 is 31.9 Å². The predicted octanol–water partition coefficient (Wildman–Crippen LogP) is 12.0. The van der Waals surface area contributed by atoms with Gasteiger partial charge in [-0.25, -0.2) is 18.4 Å². The van der Waals surface area contributed by atoms with Gasteiger partial charge in [-0.15, -0.1) is 0 Å². The average molecular weight is 921 g/mol. The molecule has 4 aliphatic rings. The molecular weight excluding hydrogens is 866 g/mol. The summed E-state index contributed by atoms with van der Waals surface area (Å²) in [7, 11) is 0. The van der Waals surface area contributed by atoms with Crippen molar-refractivity contribution in [2.45, 2.75) is 127 Å². The van der Waals surface area contributed by atoms with Gasteiger partial charge in [0, 0.05) is 44.9 Å². The van der Waals surface area contributed by atoms with Crippen molar-refractivity contribution in [2.24, 2.45) is 0 Å². The van der Waals surface area contributed by atoms with E-state index in [0.29, 0.717) is 13.1 Å². The molecule has 4 aromatic rings. The lowest BCUT2D eigenvalue weighted by Crippen LogP contribution is -2.50. The number of aryl methyl sites for hydroxylation is 2. The highest BCUT2D eigenvalue weighted by Crippen LogP contribution is 2.51. The summed E-state index contributed by atoms with van der Waals surface area (Å²) in [6.45, 7) is 12.8. The molecule has 8 rings (SSSR count). The molecule has 2 heterocycles. The van der Waals surface area contributed by atoms with Gasteiger partial charge in [-0.1, -0.05) is 68.3 Å². The zero-order chi connectivity index (χ0) is 41.6. The summed E-state index contributed by atoms with van der Waals surface area (Å²) in [5.74, 6) is -0.449. The molecule has 0 bridgehead atoms. The highest BCUT2D eigenvalue weighted by atomic mass is 79.9. The number of nitrogens with zero attached hydrogens (tertiary/aromatic N) is 2. The van der Waals surface area contributed by atoms with Gasteiger partial charge < -0.3 is 19.3 Å². The number of halogens is 4. The molecular formula is C48H54Br2F2N2O4. The fourth-order valence-corrected chi connectivity index (χ4v) is 10.9. The maximum Gasteiger partial charge on any atom is 0.410 e. The molecule has 0 N–H and O–H groups in total. The van der Waals surface area contributed by atoms with E-state index < -0.39 is 11.2 Å². The number of fused-ring (bicyclic) bond motifs is 6. The molecule has 2 aliphatic carbocycles. The average Bonchev–Trinajstić information content (AvgIpc) is 3.72. The number of carbonyl (C=O) groups is 2. The number of carbonyl (C=O) groups excluding carboxylic acids is 2. The van der Waals surface area contributed by atoms with Crippen LogP contribution in [0.1, 0.15) is 101 Å². The first kappa shape index (κ1) is 42.4. The lowest BCUT2D eigenvalue weighted by atomic mass is 9.64. The SMILES string of the molecule is CC(C)(C)OC(=O)N1CC[C@@]2(Cc3ccc(F)cc3)c3ccc(Br)cc3CC[C@@H]12.CC(C)(C)OC(=O)N1CC[C@]2(Cc3ccc(F)cc3)c3ccc(Br)cc3CC[C@H]12. The number of benzene rings is 4. The minimum Gasteiger partial charge on any atom is -0.444 e. The minimum atomic E-state index is -0.517.